The molecule has 2 rings (SSSR count). The van der Waals surface area contributed by atoms with Crippen molar-refractivity contribution in [1.82, 2.24) is 0 Å². The average molecular weight is 305 g/mol. The highest BCUT2D eigenvalue weighted by atomic mass is 35.5. The van der Waals surface area contributed by atoms with E-state index >= 15 is 0 Å². The summed E-state index contributed by atoms with van der Waals surface area (Å²) in [6.07, 6.45) is 2.12. The van der Waals surface area contributed by atoms with Gasteiger partial charge in [-0.1, -0.05) is 35.3 Å². The first-order chi connectivity index (χ1) is 8.88. The van der Waals surface area contributed by atoms with E-state index in [0.29, 0.717) is 27.8 Å². The molecule has 0 radical (unpaired) electrons. The monoisotopic (exact) mass is 304 g/mol. The third-order valence-electron chi connectivity index (χ3n) is 2.47. The Labute approximate surface area is 118 Å². The molecule has 100 valence electrons. The lowest BCUT2D eigenvalue weighted by Crippen LogP contribution is -2.37. The van der Waals surface area contributed by atoms with Crippen LogP contribution in [0.15, 0.2) is 36.4 Å². The normalized spacial score (nSPS) is 21.7. The van der Waals surface area contributed by atoms with E-state index in [1.165, 1.54) is 12.1 Å². The van der Waals surface area contributed by atoms with Crippen molar-refractivity contribution < 1.29 is 18.3 Å². The Kier molecular flexibility index (Phi) is 3.92. The molecule has 0 N–H and O–H groups in total. The van der Waals surface area contributed by atoms with Crippen LogP contribution in [0, 0.1) is 0 Å². The van der Waals surface area contributed by atoms with Crippen LogP contribution in [-0.2, 0) is 9.53 Å². The lowest BCUT2D eigenvalue weighted by atomic mass is 10.1. The molecule has 0 aliphatic carbocycles. The average Bonchev–Trinajstić information content (AvgIpc) is 2.35. The molecule has 1 heterocycles. The molecule has 19 heavy (non-hydrogen) atoms. The van der Waals surface area contributed by atoms with Crippen molar-refractivity contribution in [3.63, 3.8) is 0 Å². The Morgan fingerprint density at radius 1 is 1.26 bits per heavy atom. The highest BCUT2D eigenvalue weighted by molar-refractivity contribution is 6.42. The first kappa shape index (κ1) is 14.0. The van der Waals surface area contributed by atoms with Gasteiger partial charge in [-0.25, -0.2) is 4.79 Å². The van der Waals surface area contributed by atoms with Gasteiger partial charge in [-0.05, 0) is 29.8 Å². The Hall–Kier alpha value is -1.39. The predicted molar refractivity (Wildman–Crippen MR) is 69.5 cm³/mol. The van der Waals surface area contributed by atoms with E-state index in [2.05, 4.69) is 4.74 Å². The molecule has 1 aliphatic rings. The Balaban J connectivity index is 2.20. The van der Waals surface area contributed by atoms with Crippen LogP contribution in [0.3, 0.4) is 0 Å². The van der Waals surface area contributed by atoms with Crippen LogP contribution in [0.4, 0.5) is 8.78 Å². The second-order valence-corrected chi connectivity index (χ2v) is 4.71. The summed E-state index contributed by atoms with van der Waals surface area (Å²) in [7, 11) is 0. The zero-order valence-electron chi connectivity index (χ0n) is 9.45. The lowest BCUT2D eigenvalue weighted by Gasteiger charge is -2.24. The van der Waals surface area contributed by atoms with Crippen LogP contribution in [-0.4, -0.2) is 18.0 Å². The summed E-state index contributed by atoms with van der Waals surface area (Å²) in [5.41, 5.74) is 0.579. The number of halogens is 4. The van der Waals surface area contributed by atoms with Gasteiger partial charge in [-0.2, -0.15) is 8.78 Å². The molecule has 2 nitrogen and oxygen atoms in total. The summed E-state index contributed by atoms with van der Waals surface area (Å²) >= 11 is 11.5. The first-order valence-electron chi connectivity index (χ1n) is 5.29. The molecule has 0 amide bonds. The van der Waals surface area contributed by atoms with Crippen LogP contribution in [0.2, 0.25) is 10.0 Å². The quantitative estimate of drug-likeness (QED) is 0.768. The smallest absolute Gasteiger partial charge is 0.331 e. The van der Waals surface area contributed by atoms with Crippen molar-refractivity contribution in [1.29, 1.82) is 0 Å². The van der Waals surface area contributed by atoms with E-state index in [0.717, 1.165) is 6.08 Å². The third kappa shape index (κ3) is 3.33. The highest BCUT2D eigenvalue weighted by Crippen LogP contribution is 2.29. The van der Waals surface area contributed by atoms with Gasteiger partial charge in [0.1, 0.15) is 0 Å². The molecule has 0 spiro atoms. The number of hydrogen-bond acceptors (Lipinski definition) is 2. The molecule has 0 aromatic heterocycles. The number of benzene rings is 1. The number of esters is 1. The van der Waals surface area contributed by atoms with Crippen LogP contribution >= 0.6 is 23.2 Å². The maximum atomic E-state index is 13.4. The zero-order chi connectivity index (χ0) is 14.0. The van der Waals surface area contributed by atoms with Gasteiger partial charge in [0, 0.05) is 6.08 Å². The molecule has 1 aliphatic heterocycles. The fourth-order valence-corrected chi connectivity index (χ4v) is 1.81. The second kappa shape index (κ2) is 5.31. The van der Waals surface area contributed by atoms with Gasteiger partial charge in [0.25, 0.3) is 0 Å². The number of rotatable bonds is 2. The van der Waals surface area contributed by atoms with Gasteiger partial charge < -0.3 is 4.74 Å². The van der Waals surface area contributed by atoms with E-state index < -0.39 is 18.0 Å². The summed E-state index contributed by atoms with van der Waals surface area (Å²) in [6.45, 7) is 0. The van der Waals surface area contributed by atoms with Gasteiger partial charge >= 0.3 is 11.9 Å². The van der Waals surface area contributed by atoms with Crippen LogP contribution in [0.25, 0.3) is 6.08 Å². The molecule has 0 bridgehead atoms. The number of ether oxygens (including phenoxy) is 1. The van der Waals surface area contributed by atoms with Crippen molar-refractivity contribution >= 4 is 35.2 Å². The molecule has 1 atom stereocenters. The van der Waals surface area contributed by atoms with E-state index in [-0.39, 0.29) is 0 Å². The first-order valence-corrected chi connectivity index (χ1v) is 6.05. The zero-order valence-corrected chi connectivity index (χ0v) is 11.0. The van der Waals surface area contributed by atoms with Crippen LogP contribution in [0.5, 0.6) is 0 Å². The number of carbonyl (C=O) groups excluding carboxylic acids is 1. The van der Waals surface area contributed by atoms with Crippen LogP contribution < -0.4 is 0 Å². The summed E-state index contributed by atoms with van der Waals surface area (Å²) in [5, 5.41) is 0.687. The van der Waals surface area contributed by atoms with Crippen molar-refractivity contribution in [2.75, 3.05) is 0 Å². The SMILES string of the molecule is O=C1C=CC(F)(F)[C@@H](/C=C/c2ccc(Cl)c(Cl)c2)O1. The fourth-order valence-electron chi connectivity index (χ4n) is 1.50. The highest BCUT2D eigenvalue weighted by Gasteiger charge is 2.41. The molecule has 0 saturated heterocycles. The maximum absolute atomic E-state index is 13.4. The molecule has 1 aromatic rings. The third-order valence-corrected chi connectivity index (χ3v) is 3.21. The Morgan fingerprint density at radius 3 is 2.68 bits per heavy atom. The minimum Gasteiger partial charge on any atom is -0.448 e. The van der Waals surface area contributed by atoms with Crippen LogP contribution in [0.1, 0.15) is 5.56 Å². The molecular weight excluding hydrogens is 297 g/mol. The summed E-state index contributed by atoms with van der Waals surface area (Å²) in [6, 6.07) is 4.69. The molecule has 0 unspecified atom stereocenters. The maximum Gasteiger partial charge on any atom is 0.331 e. The minimum absolute atomic E-state index is 0.316. The van der Waals surface area contributed by atoms with Gasteiger partial charge in [-0.15, -0.1) is 0 Å². The summed E-state index contributed by atoms with van der Waals surface area (Å²) < 4.78 is 31.4. The van der Waals surface area contributed by atoms with E-state index in [1.807, 2.05) is 0 Å². The number of alkyl halides is 2. The van der Waals surface area contributed by atoms with Crippen molar-refractivity contribution in [2.24, 2.45) is 0 Å². The van der Waals surface area contributed by atoms with Crippen molar-refractivity contribution in [3.05, 3.63) is 52.0 Å². The van der Waals surface area contributed by atoms with Gasteiger partial charge in [-0.3, -0.25) is 0 Å². The Morgan fingerprint density at radius 2 is 2.00 bits per heavy atom. The second-order valence-electron chi connectivity index (χ2n) is 3.90. The van der Waals surface area contributed by atoms with E-state index in [1.54, 1.807) is 12.1 Å². The van der Waals surface area contributed by atoms with Crippen molar-refractivity contribution in [3.8, 4) is 0 Å². The van der Waals surface area contributed by atoms with Gasteiger partial charge in [0.15, 0.2) is 6.10 Å². The van der Waals surface area contributed by atoms with Crippen molar-refractivity contribution in [2.45, 2.75) is 12.0 Å². The summed E-state index contributed by atoms with van der Waals surface area (Å²) in [5.74, 6) is -4.02. The van der Waals surface area contributed by atoms with E-state index in [9.17, 15) is 13.6 Å². The molecule has 0 fully saturated rings. The molecule has 1 aromatic carbocycles. The predicted octanol–water partition coefficient (Wildman–Crippen LogP) is 4.12. The lowest BCUT2D eigenvalue weighted by molar-refractivity contribution is -0.157. The number of cyclic esters (lactones) is 1. The Bertz CT molecular complexity index is 568. The molecule has 0 saturated carbocycles. The molecule has 6 heteroatoms. The largest absolute Gasteiger partial charge is 0.448 e. The minimum atomic E-state index is -3.22. The van der Waals surface area contributed by atoms with E-state index in [4.69, 9.17) is 23.2 Å². The standard InChI is InChI=1S/C13H8Cl2F2O2/c14-9-3-1-8(7-10(9)15)2-4-11-13(16,17)6-5-12(18)19-11/h1-7,11H/b4-2+/t11-/m1/s1. The van der Waals surface area contributed by atoms with Gasteiger partial charge in [0.2, 0.25) is 0 Å². The van der Waals surface area contributed by atoms with Gasteiger partial charge in [0.05, 0.1) is 10.0 Å². The number of hydrogen-bond donors (Lipinski definition) is 0. The topological polar surface area (TPSA) is 26.3 Å². The summed E-state index contributed by atoms with van der Waals surface area (Å²) in [4.78, 5) is 11.0. The number of carbonyl (C=O) groups is 1. The fraction of sp³-hybridized carbons (Fsp3) is 0.154. The molecular formula is C13H8Cl2F2O2.